The van der Waals surface area contributed by atoms with Crippen LogP contribution in [-0.2, 0) is 9.59 Å². The van der Waals surface area contributed by atoms with Crippen LogP contribution in [0.3, 0.4) is 0 Å². The predicted octanol–water partition coefficient (Wildman–Crippen LogP) is 4.90. The highest BCUT2D eigenvalue weighted by atomic mass is 16.5. The van der Waals surface area contributed by atoms with Gasteiger partial charge in [-0.25, -0.2) is 0 Å². The Morgan fingerprint density at radius 2 is 1.45 bits per heavy atom. The summed E-state index contributed by atoms with van der Waals surface area (Å²) in [5.74, 6) is 0.678. The van der Waals surface area contributed by atoms with Gasteiger partial charge in [0.1, 0.15) is 17.2 Å². The second-order valence-electron chi connectivity index (χ2n) is 6.49. The molecule has 2 amide bonds. The molecule has 0 atom stereocenters. The minimum Gasteiger partial charge on any atom is -0.457 e. The number of benzene rings is 3. The maximum Gasteiger partial charge on any atom is 0.272 e. The van der Waals surface area contributed by atoms with Gasteiger partial charge in [0.05, 0.1) is 0 Å². The lowest BCUT2D eigenvalue weighted by atomic mass is 10.1. The van der Waals surface area contributed by atoms with E-state index in [1.54, 1.807) is 30.3 Å². The van der Waals surface area contributed by atoms with Crippen molar-refractivity contribution in [2.45, 2.75) is 13.8 Å². The van der Waals surface area contributed by atoms with Crippen LogP contribution < -0.4 is 15.4 Å². The van der Waals surface area contributed by atoms with Crippen LogP contribution in [0.1, 0.15) is 18.1 Å². The molecule has 3 aromatic carbocycles. The van der Waals surface area contributed by atoms with E-state index in [0.717, 1.165) is 16.9 Å². The Hall–Kier alpha value is -3.86. The molecule has 3 aromatic rings. The molecule has 2 N–H and O–H groups in total. The summed E-state index contributed by atoms with van der Waals surface area (Å²) in [6.45, 7) is 3.31. The fourth-order valence-corrected chi connectivity index (χ4v) is 2.68. The smallest absolute Gasteiger partial charge is 0.272 e. The van der Waals surface area contributed by atoms with Gasteiger partial charge >= 0.3 is 0 Å². The highest BCUT2D eigenvalue weighted by Gasteiger charge is 2.12. The number of nitrogens with one attached hydrogen (secondary N) is 2. The molecule has 3 rings (SSSR count). The fraction of sp³-hybridized carbons (Fsp3) is 0.0833. The number of hydrogen-bond acceptors (Lipinski definition) is 3. The first kappa shape index (κ1) is 19.9. The molecule has 0 aromatic heterocycles. The van der Waals surface area contributed by atoms with E-state index >= 15 is 0 Å². The van der Waals surface area contributed by atoms with E-state index in [2.05, 4.69) is 10.6 Å². The molecule has 0 aliphatic heterocycles. The Morgan fingerprint density at radius 3 is 2.10 bits per heavy atom. The normalized spacial score (nSPS) is 10.9. The molecule has 0 spiro atoms. The third-order valence-corrected chi connectivity index (χ3v) is 4.13. The minimum atomic E-state index is -0.403. The maximum atomic E-state index is 12.7. The number of carbonyl (C=O) groups is 2. The molecule has 0 aliphatic rings. The number of carbonyl (C=O) groups excluding carboxylic acids is 2. The van der Waals surface area contributed by atoms with Crippen LogP contribution in [-0.4, -0.2) is 11.8 Å². The van der Waals surface area contributed by atoms with Crippen LogP contribution in [0.15, 0.2) is 84.6 Å². The van der Waals surface area contributed by atoms with Gasteiger partial charge in [0.15, 0.2) is 0 Å². The van der Waals surface area contributed by atoms with Gasteiger partial charge < -0.3 is 15.4 Å². The van der Waals surface area contributed by atoms with Crippen molar-refractivity contribution in [1.82, 2.24) is 5.32 Å². The van der Waals surface area contributed by atoms with Gasteiger partial charge in [-0.05, 0) is 60.5 Å². The average molecular weight is 386 g/mol. The Morgan fingerprint density at radius 1 is 0.828 bits per heavy atom. The Bertz CT molecular complexity index is 1030. The van der Waals surface area contributed by atoms with E-state index in [-0.39, 0.29) is 11.6 Å². The quantitative estimate of drug-likeness (QED) is 0.592. The van der Waals surface area contributed by atoms with Crippen LogP contribution in [0, 0.1) is 6.92 Å². The van der Waals surface area contributed by atoms with E-state index in [4.69, 9.17) is 4.74 Å². The average Bonchev–Trinajstić information content (AvgIpc) is 2.71. The summed E-state index contributed by atoms with van der Waals surface area (Å²) in [4.78, 5) is 24.3. The third kappa shape index (κ3) is 5.81. The van der Waals surface area contributed by atoms with E-state index in [9.17, 15) is 9.59 Å². The Balaban J connectivity index is 1.74. The van der Waals surface area contributed by atoms with Crippen molar-refractivity contribution in [1.29, 1.82) is 0 Å². The Labute approximate surface area is 170 Å². The van der Waals surface area contributed by atoms with E-state index < -0.39 is 5.91 Å². The standard InChI is InChI=1S/C24H22N2O3/c1-17-8-6-7-9-19(17)16-23(25-18(2)27)24(28)26-20-12-14-22(15-13-20)29-21-10-4-3-5-11-21/h3-16H,1-2H3,(H,25,27)(H,26,28). The molecule has 0 saturated carbocycles. The summed E-state index contributed by atoms with van der Waals surface area (Å²) in [5.41, 5.74) is 2.64. The second kappa shape index (κ2) is 9.37. The van der Waals surface area contributed by atoms with Gasteiger partial charge in [-0.15, -0.1) is 0 Å². The number of anilines is 1. The molecule has 29 heavy (non-hydrogen) atoms. The fourth-order valence-electron chi connectivity index (χ4n) is 2.68. The summed E-state index contributed by atoms with van der Waals surface area (Å²) in [6.07, 6.45) is 1.67. The summed E-state index contributed by atoms with van der Waals surface area (Å²) >= 11 is 0. The van der Waals surface area contributed by atoms with Crippen molar-refractivity contribution in [2.75, 3.05) is 5.32 Å². The molecular weight excluding hydrogens is 364 g/mol. The number of para-hydroxylation sites is 1. The summed E-state index contributed by atoms with van der Waals surface area (Å²) in [5, 5.41) is 5.41. The summed E-state index contributed by atoms with van der Waals surface area (Å²) in [6, 6.07) is 24.1. The van der Waals surface area contributed by atoms with Crippen molar-refractivity contribution in [3.63, 3.8) is 0 Å². The zero-order valence-corrected chi connectivity index (χ0v) is 16.3. The zero-order valence-electron chi connectivity index (χ0n) is 16.3. The largest absolute Gasteiger partial charge is 0.457 e. The molecule has 0 radical (unpaired) electrons. The molecule has 0 heterocycles. The lowest BCUT2D eigenvalue weighted by Crippen LogP contribution is -2.29. The van der Waals surface area contributed by atoms with E-state index in [0.29, 0.717) is 11.4 Å². The highest BCUT2D eigenvalue weighted by Crippen LogP contribution is 2.23. The number of aryl methyl sites for hydroxylation is 1. The predicted molar refractivity (Wildman–Crippen MR) is 115 cm³/mol. The minimum absolute atomic E-state index is 0.177. The molecule has 0 aliphatic carbocycles. The summed E-state index contributed by atoms with van der Waals surface area (Å²) < 4.78 is 5.75. The van der Waals surface area contributed by atoms with Crippen LogP contribution in [0.5, 0.6) is 11.5 Å². The van der Waals surface area contributed by atoms with Crippen molar-refractivity contribution in [2.24, 2.45) is 0 Å². The maximum absolute atomic E-state index is 12.7. The van der Waals surface area contributed by atoms with Gasteiger partial charge in [-0.1, -0.05) is 42.5 Å². The summed E-state index contributed by atoms with van der Waals surface area (Å²) in [7, 11) is 0. The van der Waals surface area contributed by atoms with Crippen molar-refractivity contribution in [3.8, 4) is 11.5 Å². The van der Waals surface area contributed by atoms with Gasteiger partial charge in [-0.3, -0.25) is 9.59 Å². The Kier molecular flexibility index (Phi) is 6.43. The topological polar surface area (TPSA) is 67.4 Å². The van der Waals surface area contributed by atoms with E-state index in [1.807, 2.05) is 61.5 Å². The van der Waals surface area contributed by atoms with E-state index in [1.165, 1.54) is 6.92 Å². The SMILES string of the molecule is CC(=O)NC(=Cc1ccccc1C)C(=O)Nc1ccc(Oc2ccccc2)cc1. The first-order valence-corrected chi connectivity index (χ1v) is 9.20. The van der Waals surface area contributed by atoms with Gasteiger partial charge in [-0.2, -0.15) is 0 Å². The molecule has 5 heteroatoms. The molecular formula is C24H22N2O3. The first-order valence-electron chi connectivity index (χ1n) is 9.20. The van der Waals surface area contributed by atoms with Crippen molar-refractivity contribution >= 4 is 23.6 Å². The second-order valence-corrected chi connectivity index (χ2v) is 6.49. The lowest BCUT2D eigenvalue weighted by molar-refractivity contribution is -0.120. The third-order valence-electron chi connectivity index (χ3n) is 4.13. The van der Waals surface area contributed by atoms with Gasteiger partial charge in [0.25, 0.3) is 5.91 Å². The first-order chi connectivity index (χ1) is 14.0. The molecule has 0 unspecified atom stereocenters. The zero-order chi connectivity index (χ0) is 20.6. The monoisotopic (exact) mass is 386 g/mol. The number of ether oxygens (including phenoxy) is 1. The number of rotatable bonds is 6. The highest BCUT2D eigenvalue weighted by molar-refractivity contribution is 6.08. The lowest BCUT2D eigenvalue weighted by Gasteiger charge is -2.11. The van der Waals surface area contributed by atoms with Gasteiger partial charge in [0.2, 0.25) is 5.91 Å². The molecule has 146 valence electrons. The molecule has 0 saturated heterocycles. The number of hydrogen-bond donors (Lipinski definition) is 2. The van der Waals surface area contributed by atoms with Gasteiger partial charge in [0, 0.05) is 12.6 Å². The van der Waals surface area contributed by atoms with Crippen LogP contribution in [0.4, 0.5) is 5.69 Å². The van der Waals surface area contributed by atoms with Crippen LogP contribution in [0.25, 0.3) is 6.08 Å². The molecule has 5 nitrogen and oxygen atoms in total. The van der Waals surface area contributed by atoms with Crippen LogP contribution >= 0.6 is 0 Å². The van der Waals surface area contributed by atoms with Crippen LogP contribution in [0.2, 0.25) is 0 Å². The molecule has 0 fully saturated rings. The van der Waals surface area contributed by atoms with Crippen molar-refractivity contribution < 1.29 is 14.3 Å². The van der Waals surface area contributed by atoms with Crippen molar-refractivity contribution in [3.05, 3.63) is 95.7 Å². The number of amides is 2. The molecule has 0 bridgehead atoms.